The van der Waals surface area contributed by atoms with Crippen LogP contribution in [0, 0.1) is 0 Å². The lowest BCUT2D eigenvalue weighted by Crippen LogP contribution is -2.25. The molecule has 9 aromatic rings. The zero-order valence-corrected chi connectivity index (χ0v) is 32.0. The molecular weight excluding hydrogens is 687 g/mol. The molecule has 0 aromatic heterocycles. The molecule has 0 saturated heterocycles. The highest BCUT2D eigenvalue weighted by Gasteiger charge is 2.52. The summed E-state index contributed by atoms with van der Waals surface area (Å²) >= 11 is 0. The average Bonchev–Trinajstić information content (AvgIpc) is 3.83. The van der Waals surface area contributed by atoms with E-state index in [0.29, 0.717) is 0 Å². The van der Waals surface area contributed by atoms with Crippen molar-refractivity contribution in [3.8, 4) is 44.5 Å². The van der Waals surface area contributed by atoms with E-state index in [4.69, 9.17) is 0 Å². The quantitative estimate of drug-likeness (QED) is 0.175. The van der Waals surface area contributed by atoms with Crippen molar-refractivity contribution in [2.45, 2.75) is 24.7 Å². The first-order chi connectivity index (χ1) is 28.0. The maximum atomic E-state index is 2.50. The molecule has 1 spiro atoms. The van der Waals surface area contributed by atoms with Gasteiger partial charge >= 0.3 is 0 Å². The van der Waals surface area contributed by atoms with Crippen molar-refractivity contribution in [2.24, 2.45) is 0 Å². The first-order valence-corrected chi connectivity index (χ1v) is 20.1. The predicted octanol–water partition coefficient (Wildman–Crippen LogP) is 14.6. The second kappa shape index (κ2) is 11.8. The number of fused-ring (bicyclic) bond motifs is 15. The Kier molecular flexibility index (Phi) is 6.67. The van der Waals surface area contributed by atoms with Crippen LogP contribution in [0.25, 0.3) is 55.3 Å². The number of rotatable bonds is 4. The lowest BCUT2D eigenvalue weighted by Gasteiger charge is -2.32. The van der Waals surface area contributed by atoms with Gasteiger partial charge in [0, 0.05) is 22.4 Å². The zero-order valence-electron chi connectivity index (χ0n) is 32.0. The minimum absolute atomic E-state index is 0.122. The third-order valence-corrected chi connectivity index (χ3v) is 13.3. The maximum Gasteiger partial charge on any atom is 0.0725 e. The minimum Gasteiger partial charge on any atom is -0.310 e. The molecule has 3 aliphatic carbocycles. The number of benzene rings is 9. The minimum atomic E-state index is -0.420. The van der Waals surface area contributed by atoms with E-state index in [2.05, 4.69) is 219 Å². The van der Waals surface area contributed by atoms with Gasteiger partial charge in [0.15, 0.2) is 0 Å². The highest BCUT2D eigenvalue weighted by atomic mass is 15.1. The summed E-state index contributed by atoms with van der Waals surface area (Å²) in [6, 6.07) is 74.9. The van der Waals surface area contributed by atoms with Gasteiger partial charge in [0.1, 0.15) is 0 Å². The average molecular weight is 726 g/mol. The lowest BCUT2D eigenvalue weighted by molar-refractivity contribution is 0.660. The van der Waals surface area contributed by atoms with Gasteiger partial charge in [0.2, 0.25) is 0 Å². The van der Waals surface area contributed by atoms with E-state index >= 15 is 0 Å². The van der Waals surface area contributed by atoms with Gasteiger partial charge in [0.25, 0.3) is 0 Å². The van der Waals surface area contributed by atoms with Gasteiger partial charge in [-0.3, -0.25) is 0 Å². The van der Waals surface area contributed by atoms with E-state index in [1.54, 1.807) is 0 Å². The highest BCUT2D eigenvalue weighted by molar-refractivity contribution is 6.06. The van der Waals surface area contributed by atoms with Crippen molar-refractivity contribution < 1.29 is 0 Å². The largest absolute Gasteiger partial charge is 0.310 e. The third kappa shape index (κ3) is 4.29. The topological polar surface area (TPSA) is 3.24 Å². The van der Waals surface area contributed by atoms with Crippen LogP contribution in [-0.2, 0) is 10.8 Å². The van der Waals surface area contributed by atoms with Crippen LogP contribution in [0.2, 0.25) is 0 Å². The molecule has 3 aliphatic rings. The fourth-order valence-corrected chi connectivity index (χ4v) is 10.8. The Balaban J connectivity index is 1.12. The third-order valence-electron chi connectivity index (χ3n) is 13.3. The van der Waals surface area contributed by atoms with Crippen molar-refractivity contribution in [2.75, 3.05) is 4.90 Å². The van der Waals surface area contributed by atoms with E-state index in [1.807, 2.05) is 0 Å². The fourth-order valence-electron chi connectivity index (χ4n) is 10.8. The molecule has 57 heavy (non-hydrogen) atoms. The van der Waals surface area contributed by atoms with Crippen molar-refractivity contribution >= 4 is 27.8 Å². The summed E-state index contributed by atoms with van der Waals surface area (Å²) in [4.78, 5) is 2.50. The number of nitrogens with zero attached hydrogens (tertiary/aromatic N) is 1. The number of hydrogen-bond acceptors (Lipinski definition) is 1. The van der Waals surface area contributed by atoms with Crippen LogP contribution < -0.4 is 4.90 Å². The van der Waals surface area contributed by atoms with E-state index < -0.39 is 5.41 Å². The molecule has 12 rings (SSSR count). The van der Waals surface area contributed by atoms with Gasteiger partial charge in [-0.25, -0.2) is 0 Å². The Bertz CT molecular complexity index is 3110. The molecule has 9 aromatic carbocycles. The number of para-hydroxylation sites is 1. The lowest BCUT2D eigenvalue weighted by atomic mass is 9.70. The van der Waals surface area contributed by atoms with Crippen LogP contribution in [0.15, 0.2) is 200 Å². The fraction of sp³-hybridized carbons (Fsp3) is 0.0714. The summed E-state index contributed by atoms with van der Waals surface area (Å²) in [6.07, 6.45) is 0. The van der Waals surface area contributed by atoms with Gasteiger partial charge in [0.05, 0.1) is 11.1 Å². The molecule has 0 heterocycles. The number of anilines is 3. The number of hydrogen-bond donors (Lipinski definition) is 0. The monoisotopic (exact) mass is 725 g/mol. The van der Waals surface area contributed by atoms with Crippen molar-refractivity contribution in [3.63, 3.8) is 0 Å². The molecule has 0 saturated carbocycles. The van der Waals surface area contributed by atoms with E-state index in [0.717, 1.165) is 17.1 Å². The van der Waals surface area contributed by atoms with Gasteiger partial charge < -0.3 is 4.90 Å². The standard InChI is InChI=1S/C56H39N/c1-55(2)47-24-12-8-21-42(47)44-31-29-39(35-52(44)55)57(53-27-15-11-19-40(53)36-16-4-3-5-17-36)38-30-33-50-46(34-38)43-22-9-13-25-48(43)56(50)49-26-14-10-23-45(49)54-41-20-7-6-18-37(41)28-32-51(54)56/h3-35H,1-2H3. The smallest absolute Gasteiger partial charge is 0.0725 e. The molecule has 1 heteroatoms. The van der Waals surface area contributed by atoms with E-state index in [-0.39, 0.29) is 5.41 Å². The molecule has 268 valence electrons. The predicted molar refractivity (Wildman–Crippen MR) is 238 cm³/mol. The molecule has 0 bridgehead atoms. The van der Waals surface area contributed by atoms with Gasteiger partial charge in [-0.15, -0.1) is 0 Å². The second-order valence-corrected chi connectivity index (χ2v) is 16.4. The normalized spacial score (nSPS) is 16.1. The highest BCUT2D eigenvalue weighted by Crippen LogP contribution is 2.64. The van der Waals surface area contributed by atoms with Gasteiger partial charge in [-0.1, -0.05) is 184 Å². The van der Waals surface area contributed by atoms with Crippen LogP contribution in [-0.4, -0.2) is 0 Å². The summed E-state index contributed by atoms with van der Waals surface area (Å²) in [5.41, 5.74) is 21.4. The molecule has 0 fully saturated rings. The first-order valence-electron chi connectivity index (χ1n) is 20.1. The Morgan fingerprint density at radius 2 is 0.895 bits per heavy atom. The Morgan fingerprint density at radius 1 is 0.351 bits per heavy atom. The van der Waals surface area contributed by atoms with Crippen molar-refractivity contribution in [3.05, 3.63) is 234 Å². The Hall–Kier alpha value is -6.96. The van der Waals surface area contributed by atoms with Crippen LogP contribution in [0.1, 0.15) is 47.2 Å². The van der Waals surface area contributed by atoms with Crippen LogP contribution in [0.3, 0.4) is 0 Å². The Labute approximate surface area is 334 Å². The van der Waals surface area contributed by atoms with Crippen LogP contribution in [0.4, 0.5) is 17.1 Å². The molecular formula is C56H39N. The van der Waals surface area contributed by atoms with Crippen molar-refractivity contribution in [1.82, 2.24) is 0 Å². The molecule has 0 amide bonds. The summed E-state index contributed by atoms with van der Waals surface area (Å²) in [5, 5.41) is 2.59. The van der Waals surface area contributed by atoms with Crippen LogP contribution in [0.5, 0.6) is 0 Å². The molecule has 1 nitrogen and oxygen atoms in total. The van der Waals surface area contributed by atoms with Crippen LogP contribution >= 0.6 is 0 Å². The maximum absolute atomic E-state index is 2.50. The SMILES string of the molecule is CC1(C)c2ccccc2-c2ccc(N(c3ccc4c(c3)-c3ccccc3C43c4ccccc4-c4c3ccc3ccccc43)c3ccccc3-c3ccccc3)cc21. The second-order valence-electron chi connectivity index (χ2n) is 16.4. The zero-order chi connectivity index (χ0) is 37.9. The summed E-state index contributed by atoms with van der Waals surface area (Å²) in [6.45, 7) is 4.74. The van der Waals surface area contributed by atoms with Gasteiger partial charge in [-0.05, 0) is 113 Å². The summed E-state index contributed by atoms with van der Waals surface area (Å²) in [7, 11) is 0. The first kappa shape index (κ1) is 32.3. The molecule has 1 unspecified atom stereocenters. The molecule has 1 atom stereocenters. The van der Waals surface area contributed by atoms with Gasteiger partial charge in [-0.2, -0.15) is 0 Å². The molecule has 0 radical (unpaired) electrons. The van der Waals surface area contributed by atoms with E-state index in [9.17, 15) is 0 Å². The van der Waals surface area contributed by atoms with Crippen molar-refractivity contribution in [1.29, 1.82) is 0 Å². The summed E-state index contributed by atoms with van der Waals surface area (Å²) < 4.78 is 0. The van der Waals surface area contributed by atoms with E-state index in [1.165, 1.54) is 88.7 Å². The molecule has 0 N–H and O–H groups in total. The molecule has 0 aliphatic heterocycles. The Morgan fingerprint density at radius 3 is 1.70 bits per heavy atom. The summed E-state index contributed by atoms with van der Waals surface area (Å²) in [5.74, 6) is 0.